The zero-order valence-corrected chi connectivity index (χ0v) is 14.7. The first-order valence-corrected chi connectivity index (χ1v) is 7.56. The van der Waals surface area contributed by atoms with Gasteiger partial charge in [-0.3, -0.25) is 14.7 Å². The predicted octanol–water partition coefficient (Wildman–Crippen LogP) is 2.35. The van der Waals surface area contributed by atoms with Crippen molar-refractivity contribution >= 4 is 13.2 Å². The van der Waals surface area contributed by atoms with Crippen LogP contribution in [0.3, 0.4) is 0 Å². The van der Waals surface area contributed by atoms with Crippen LogP contribution in [0.5, 0.6) is 0 Å². The summed E-state index contributed by atoms with van der Waals surface area (Å²) in [6.45, 7) is 19.7. The van der Waals surface area contributed by atoms with Crippen LogP contribution in [0.15, 0.2) is 29.4 Å². The topological polar surface area (TPSA) is 45.1 Å². The summed E-state index contributed by atoms with van der Waals surface area (Å²) in [6.07, 6.45) is 3.70. The molecular formula is C17H31N3O2. The molecule has 0 saturated carbocycles. The van der Waals surface area contributed by atoms with Crippen molar-refractivity contribution in [2.45, 2.75) is 39.3 Å². The van der Waals surface area contributed by atoms with E-state index in [1.807, 2.05) is 26.8 Å². The minimum absolute atomic E-state index is 0.318. The lowest BCUT2D eigenvalue weighted by Crippen LogP contribution is -2.50. The van der Waals surface area contributed by atoms with Crippen LogP contribution in [0.4, 0.5) is 0 Å². The Balaban J connectivity index is 0.000000534. The van der Waals surface area contributed by atoms with Gasteiger partial charge < -0.3 is 9.64 Å². The van der Waals surface area contributed by atoms with Gasteiger partial charge in [-0.05, 0) is 47.5 Å². The Morgan fingerprint density at radius 2 is 2.05 bits per heavy atom. The zero-order chi connectivity index (χ0) is 17.2. The molecule has 5 heteroatoms. The Morgan fingerprint density at radius 1 is 1.41 bits per heavy atom. The number of likely N-dealkylation sites (N-methyl/N-ethyl adjacent to an activating group) is 1. The minimum Gasteiger partial charge on any atom is -0.462 e. The van der Waals surface area contributed by atoms with Crippen molar-refractivity contribution in [3.8, 4) is 0 Å². The van der Waals surface area contributed by atoms with E-state index in [1.165, 1.54) is 0 Å². The summed E-state index contributed by atoms with van der Waals surface area (Å²) < 4.78 is 4.55. The van der Waals surface area contributed by atoms with E-state index in [0.717, 1.165) is 31.9 Å². The summed E-state index contributed by atoms with van der Waals surface area (Å²) in [5.41, 5.74) is 0.684. The summed E-state index contributed by atoms with van der Waals surface area (Å²) in [5.74, 6) is 0. The molecule has 0 aliphatic carbocycles. The number of aliphatic imine (C=N–C) groups is 1. The molecule has 1 rings (SSSR count). The van der Waals surface area contributed by atoms with Gasteiger partial charge >= 0.3 is 0 Å². The molecule has 1 saturated heterocycles. The Hall–Kier alpha value is -1.46. The molecule has 0 bridgehead atoms. The number of hydrogen-bond acceptors (Lipinski definition) is 5. The molecule has 0 amide bonds. The maximum absolute atomic E-state index is 9.60. The largest absolute Gasteiger partial charge is 0.462 e. The first-order valence-electron chi connectivity index (χ1n) is 7.56. The molecule has 1 atom stereocenters. The van der Waals surface area contributed by atoms with Gasteiger partial charge in [0.2, 0.25) is 0 Å². The second kappa shape index (κ2) is 10.3. The van der Waals surface area contributed by atoms with E-state index in [1.54, 1.807) is 6.08 Å². The lowest BCUT2D eigenvalue weighted by Gasteiger charge is -2.38. The van der Waals surface area contributed by atoms with Gasteiger partial charge in [-0.15, -0.1) is 0 Å². The number of hydrogen-bond donors (Lipinski definition) is 0. The van der Waals surface area contributed by atoms with E-state index >= 15 is 0 Å². The molecule has 0 N–H and O–H groups in total. The predicted molar refractivity (Wildman–Crippen MR) is 93.3 cm³/mol. The van der Waals surface area contributed by atoms with E-state index in [2.05, 4.69) is 46.8 Å². The molecule has 1 unspecified atom stereocenters. The van der Waals surface area contributed by atoms with Crippen LogP contribution in [0, 0.1) is 0 Å². The molecule has 1 heterocycles. The van der Waals surface area contributed by atoms with E-state index in [-0.39, 0.29) is 5.60 Å². The third-order valence-corrected chi connectivity index (χ3v) is 3.25. The first kappa shape index (κ1) is 20.5. The molecule has 5 nitrogen and oxygen atoms in total. The molecule has 0 aromatic rings. The van der Waals surface area contributed by atoms with Gasteiger partial charge in [-0.1, -0.05) is 12.7 Å². The molecule has 1 aliphatic rings. The van der Waals surface area contributed by atoms with Gasteiger partial charge in [0.1, 0.15) is 5.60 Å². The normalized spacial score (nSPS) is 20.6. The van der Waals surface area contributed by atoms with Crippen LogP contribution in [-0.4, -0.2) is 67.9 Å². The van der Waals surface area contributed by atoms with Crippen LogP contribution in [0.2, 0.25) is 0 Å². The van der Waals surface area contributed by atoms with Crippen LogP contribution >= 0.6 is 0 Å². The monoisotopic (exact) mass is 309 g/mol. The number of rotatable bonds is 5. The molecule has 0 radical (unpaired) electrons. The van der Waals surface area contributed by atoms with Crippen molar-refractivity contribution in [1.29, 1.82) is 0 Å². The fourth-order valence-corrected chi connectivity index (χ4v) is 2.06. The van der Waals surface area contributed by atoms with Gasteiger partial charge in [0.25, 0.3) is 6.47 Å². The average Bonchev–Trinajstić information content (AvgIpc) is 2.40. The van der Waals surface area contributed by atoms with Crippen molar-refractivity contribution in [2.24, 2.45) is 4.99 Å². The van der Waals surface area contributed by atoms with Gasteiger partial charge in [0, 0.05) is 32.2 Å². The number of nitrogens with zero attached hydrogens (tertiary/aromatic N) is 3. The highest BCUT2D eigenvalue weighted by atomic mass is 16.5. The number of carbonyl (C=O) groups is 1. The summed E-state index contributed by atoms with van der Waals surface area (Å²) >= 11 is 0. The Morgan fingerprint density at radius 3 is 2.41 bits per heavy atom. The van der Waals surface area contributed by atoms with E-state index < -0.39 is 0 Å². The minimum atomic E-state index is -0.318. The lowest BCUT2D eigenvalue weighted by atomic mass is 10.2. The molecule has 0 aromatic carbocycles. The molecule has 126 valence electrons. The van der Waals surface area contributed by atoms with Crippen molar-refractivity contribution in [2.75, 3.05) is 33.2 Å². The van der Waals surface area contributed by atoms with Crippen molar-refractivity contribution < 1.29 is 9.53 Å². The van der Waals surface area contributed by atoms with E-state index in [9.17, 15) is 4.79 Å². The van der Waals surface area contributed by atoms with Crippen molar-refractivity contribution in [3.63, 3.8) is 0 Å². The number of ether oxygens (including phenoxy) is 1. The fourth-order valence-electron chi connectivity index (χ4n) is 2.06. The van der Waals surface area contributed by atoms with Crippen LogP contribution in [0.25, 0.3) is 0 Å². The maximum atomic E-state index is 9.60. The summed E-state index contributed by atoms with van der Waals surface area (Å²) in [4.78, 5) is 18.4. The van der Waals surface area contributed by atoms with E-state index in [4.69, 9.17) is 0 Å². The van der Waals surface area contributed by atoms with Crippen molar-refractivity contribution in [1.82, 2.24) is 9.80 Å². The van der Waals surface area contributed by atoms with Crippen LogP contribution in [-0.2, 0) is 9.53 Å². The lowest BCUT2D eigenvalue weighted by molar-refractivity contribution is -0.138. The third-order valence-electron chi connectivity index (χ3n) is 3.25. The SMILES string of the molecule is C=C/C=C(/CN1CCN(C)CC1C)N=C.CC(C)(C)OC=O. The molecule has 22 heavy (non-hydrogen) atoms. The third kappa shape index (κ3) is 9.47. The summed E-state index contributed by atoms with van der Waals surface area (Å²) in [7, 11) is 2.17. The molecular weight excluding hydrogens is 278 g/mol. The molecule has 1 fully saturated rings. The highest BCUT2D eigenvalue weighted by Crippen LogP contribution is 2.10. The number of piperazine rings is 1. The van der Waals surface area contributed by atoms with Gasteiger partial charge in [0.05, 0.1) is 5.70 Å². The van der Waals surface area contributed by atoms with Gasteiger partial charge in [-0.2, -0.15) is 0 Å². The highest BCUT2D eigenvalue weighted by Gasteiger charge is 2.21. The number of allylic oxidation sites excluding steroid dienone is 2. The number of carbonyl (C=O) groups excluding carboxylic acids is 1. The second-order valence-electron chi connectivity index (χ2n) is 6.46. The Labute approximate surface area is 135 Å². The standard InChI is InChI=1S/C12H21N3.C5H10O2/c1-5-6-12(13-3)10-15-8-7-14(4)9-11(15)2;1-5(2,3)7-4-6/h5-6,11H,1,3,7-10H2,2,4H3;4H,1-3H3/b12-6-;. The maximum Gasteiger partial charge on any atom is 0.293 e. The first-order chi connectivity index (χ1) is 10.2. The summed E-state index contributed by atoms with van der Waals surface area (Å²) in [5, 5.41) is 0. The fraction of sp³-hybridized carbons (Fsp3) is 0.647. The molecule has 0 aromatic heterocycles. The molecule has 0 spiro atoms. The average molecular weight is 309 g/mol. The van der Waals surface area contributed by atoms with Crippen LogP contribution < -0.4 is 0 Å². The summed E-state index contributed by atoms with van der Waals surface area (Å²) in [6, 6.07) is 0.582. The van der Waals surface area contributed by atoms with Crippen LogP contribution in [0.1, 0.15) is 27.7 Å². The van der Waals surface area contributed by atoms with Crippen molar-refractivity contribution in [3.05, 3.63) is 24.4 Å². The smallest absolute Gasteiger partial charge is 0.293 e. The zero-order valence-electron chi connectivity index (χ0n) is 14.7. The highest BCUT2D eigenvalue weighted by molar-refractivity contribution is 5.37. The Kier molecular flexibility index (Phi) is 9.61. The molecule has 1 aliphatic heterocycles. The van der Waals surface area contributed by atoms with Gasteiger partial charge in [-0.25, -0.2) is 0 Å². The quantitative estimate of drug-likeness (QED) is 0.444. The second-order valence-corrected chi connectivity index (χ2v) is 6.46. The van der Waals surface area contributed by atoms with Gasteiger partial charge in [0.15, 0.2) is 0 Å². The van der Waals surface area contributed by atoms with E-state index in [0.29, 0.717) is 12.5 Å². The Bertz CT molecular complexity index is 386.